The van der Waals surface area contributed by atoms with Crippen LogP contribution in [0.5, 0.6) is 0 Å². The van der Waals surface area contributed by atoms with Crippen molar-refractivity contribution < 1.29 is 4.79 Å². The molecule has 0 N–H and O–H groups in total. The second-order valence-electron chi connectivity index (χ2n) is 8.95. The molecule has 0 amide bonds. The summed E-state index contributed by atoms with van der Waals surface area (Å²) in [5.74, 6) is 2.38. The minimum absolute atomic E-state index is 0.0487. The van der Waals surface area contributed by atoms with Gasteiger partial charge in [0.1, 0.15) is 0 Å². The summed E-state index contributed by atoms with van der Waals surface area (Å²) in [7, 11) is 0. The van der Waals surface area contributed by atoms with Crippen molar-refractivity contribution in [3.63, 3.8) is 0 Å². The first-order valence-corrected chi connectivity index (χ1v) is 9.96. The highest BCUT2D eigenvalue weighted by Gasteiger charge is 2.55. The Hall–Kier alpha value is -0.560. The molecule has 4 aliphatic carbocycles. The average molecular weight is 333 g/mol. The van der Waals surface area contributed by atoms with Gasteiger partial charge in [-0.3, -0.25) is 4.79 Å². The molecule has 23 heavy (non-hydrogen) atoms. The van der Waals surface area contributed by atoms with Crippen molar-refractivity contribution >= 4 is 17.9 Å². The third-order valence-corrected chi connectivity index (χ3v) is 8.66. The van der Waals surface area contributed by atoms with Gasteiger partial charge in [-0.05, 0) is 61.7 Å². The van der Waals surface area contributed by atoms with Crippen molar-refractivity contribution in [2.24, 2.45) is 28.6 Å². The Balaban J connectivity index is 1.71. The van der Waals surface area contributed by atoms with Gasteiger partial charge in [0.15, 0.2) is 6.29 Å². The minimum atomic E-state index is -0.0487. The molecule has 2 heteroatoms. The standard InChI is InChI=1S/C21H29ClO/c1-20-10-5-3-4-6-15(20)7-8-16-17(20)9-11-21(2)18(16)12-14(13-23)19(21)22/h12-13,15-17H,3-11H2,1-2H3/t15?,16-,17?,20+,21+/m1/s1. The first-order chi connectivity index (χ1) is 11.0. The molecule has 1 nitrogen and oxygen atoms in total. The van der Waals surface area contributed by atoms with E-state index >= 15 is 0 Å². The fourth-order valence-electron chi connectivity index (χ4n) is 6.65. The second kappa shape index (κ2) is 5.48. The van der Waals surface area contributed by atoms with Gasteiger partial charge < -0.3 is 0 Å². The molecular weight excluding hydrogens is 304 g/mol. The van der Waals surface area contributed by atoms with Crippen molar-refractivity contribution in [3.05, 3.63) is 22.3 Å². The molecule has 3 saturated carbocycles. The first-order valence-electron chi connectivity index (χ1n) is 9.58. The number of aldehydes is 1. The molecule has 0 heterocycles. The van der Waals surface area contributed by atoms with E-state index in [4.69, 9.17) is 11.6 Å². The maximum Gasteiger partial charge on any atom is 0.151 e. The van der Waals surface area contributed by atoms with Gasteiger partial charge in [0.2, 0.25) is 0 Å². The van der Waals surface area contributed by atoms with Crippen LogP contribution < -0.4 is 0 Å². The van der Waals surface area contributed by atoms with Gasteiger partial charge in [0.05, 0.1) is 0 Å². The lowest BCUT2D eigenvalue weighted by Crippen LogP contribution is -2.48. The Bertz CT molecular complexity index is 589. The average Bonchev–Trinajstić information content (AvgIpc) is 2.69. The third-order valence-electron chi connectivity index (χ3n) is 8.03. The Morgan fingerprint density at radius 2 is 1.91 bits per heavy atom. The van der Waals surface area contributed by atoms with Gasteiger partial charge in [0, 0.05) is 16.0 Å². The van der Waals surface area contributed by atoms with Crippen LogP contribution in [-0.2, 0) is 4.79 Å². The third kappa shape index (κ3) is 2.15. The van der Waals surface area contributed by atoms with E-state index in [1.54, 1.807) is 0 Å². The Morgan fingerprint density at radius 1 is 1.09 bits per heavy atom. The number of hydrogen-bond donors (Lipinski definition) is 0. The van der Waals surface area contributed by atoms with Crippen molar-refractivity contribution in [2.45, 2.75) is 71.6 Å². The summed E-state index contributed by atoms with van der Waals surface area (Å²) < 4.78 is 0. The fourth-order valence-corrected chi connectivity index (χ4v) is 6.95. The Labute approximate surface area is 145 Å². The van der Waals surface area contributed by atoms with E-state index in [2.05, 4.69) is 19.9 Å². The SMILES string of the molecule is C[C@]12CCC3[C@@H](CCC4CCCCC[C@@]43C)C1=CC(C=O)=C2Cl. The summed E-state index contributed by atoms with van der Waals surface area (Å²) >= 11 is 6.62. The lowest BCUT2D eigenvalue weighted by atomic mass is 9.48. The van der Waals surface area contributed by atoms with E-state index in [0.29, 0.717) is 11.3 Å². The maximum atomic E-state index is 11.4. The van der Waals surface area contributed by atoms with Crippen LogP contribution in [0.3, 0.4) is 0 Å². The van der Waals surface area contributed by atoms with E-state index in [-0.39, 0.29) is 5.41 Å². The quantitative estimate of drug-likeness (QED) is 0.536. The van der Waals surface area contributed by atoms with Crippen molar-refractivity contribution in [1.29, 1.82) is 0 Å². The zero-order valence-corrected chi connectivity index (χ0v) is 15.3. The Kier molecular flexibility index (Phi) is 3.80. The zero-order chi connectivity index (χ0) is 16.2. The van der Waals surface area contributed by atoms with Gasteiger partial charge >= 0.3 is 0 Å². The lowest BCUT2D eigenvalue weighted by molar-refractivity contribution is -0.104. The number of fused-ring (bicyclic) bond motifs is 5. The molecule has 0 aliphatic heterocycles. The predicted octanol–water partition coefficient (Wildman–Crippen LogP) is 6.03. The molecule has 0 radical (unpaired) electrons. The van der Waals surface area contributed by atoms with Crippen LogP contribution in [0, 0.1) is 28.6 Å². The molecule has 0 saturated heterocycles. The van der Waals surface area contributed by atoms with Crippen molar-refractivity contribution in [2.75, 3.05) is 0 Å². The molecule has 4 rings (SSSR count). The van der Waals surface area contributed by atoms with E-state index in [9.17, 15) is 4.79 Å². The van der Waals surface area contributed by atoms with E-state index in [1.807, 2.05) is 0 Å². The summed E-state index contributed by atoms with van der Waals surface area (Å²) in [5, 5.41) is 0.814. The molecule has 0 bridgehead atoms. The van der Waals surface area contributed by atoms with Crippen LogP contribution in [0.1, 0.15) is 71.6 Å². The number of hydrogen-bond acceptors (Lipinski definition) is 1. The van der Waals surface area contributed by atoms with Crippen LogP contribution >= 0.6 is 11.6 Å². The molecule has 0 spiro atoms. The van der Waals surface area contributed by atoms with Gasteiger partial charge in [-0.15, -0.1) is 0 Å². The molecular formula is C21H29ClO. The van der Waals surface area contributed by atoms with E-state index in [0.717, 1.165) is 35.1 Å². The molecule has 2 unspecified atom stereocenters. The number of carbonyl (C=O) groups excluding carboxylic acids is 1. The lowest BCUT2D eigenvalue weighted by Gasteiger charge is -2.56. The van der Waals surface area contributed by atoms with Crippen LogP contribution in [0.2, 0.25) is 0 Å². The molecule has 0 aromatic carbocycles. The highest BCUT2D eigenvalue weighted by Crippen LogP contribution is 2.65. The fraction of sp³-hybridized carbons (Fsp3) is 0.762. The second-order valence-corrected chi connectivity index (χ2v) is 9.33. The summed E-state index contributed by atoms with van der Waals surface area (Å²) in [6, 6.07) is 0. The van der Waals surface area contributed by atoms with Crippen LogP contribution in [0.4, 0.5) is 0 Å². The van der Waals surface area contributed by atoms with Gasteiger partial charge in [-0.25, -0.2) is 0 Å². The largest absolute Gasteiger partial charge is 0.298 e. The van der Waals surface area contributed by atoms with Crippen LogP contribution in [0.25, 0.3) is 0 Å². The summed E-state index contributed by atoms with van der Waals surface area (Å²) in [6.45, 7) is 4.86. The number of rotatable bonds is 1. The maximum absolute atomic E-state index is 11.4. The molecule has 4 aliphatic rings. The molecule has 126 valence electrons. The molecule has 5 atom stereocenters. The monoisotopic (exact) mass is 332 g/mol. The van der Waals surface area contributed by atoms with Gasteiger partial charge in [-0.1, -0.05) is 56.4 Å². The summed E-state index contributed by atoms with van der Waals surface area (Å²) in [4.78, 5) is 11.4. The number of allylic oxidation sites excluding steroid dienone is 4. The smallest absolute Gasteiger partial charge is 0.151 e. The summed E-state index contributed by atoms with van der Waals surface area (Å²) in [5.41, 5.74) is 2.70. The molecule has 3 fully saturated rings. The van der Waals surface area contributed by atoms with Crippen molar-refractivity contribution in [3.8, 4) is 0 Å². The first kappa shape index (κ1) is 15.9. The highest BCUT2D eigenvalue weighted by molar-refractivity contribution is 6.33. The van der Waals surface area contributed by atoms with E-state index in [1.165, 1.54) is 56.9 Å². The minimum Gasteiger partial charge on any atom is -0.298 e. The normalized spacial score (nSPS) is 46.4. The van der Waals surface area contributed by atoms with Gasteiger partial charge in [-0.2, -0.15) is 0 Å². The topological polar surface area (TPSA) is 17.1 Å². The van der Waals surface area contributed by atoms with E-state index < -0.39 is 0 Å². The molecule has 0 aromatic rings. The van der Waals surface area contributed by atoms with Gasteiger partial charge in [0.25, 0.3) is 0 Å². The number of carbonyl (C=O) groups is 1. The van der Waals surface area contributed by atoms with Crippen LogP contribution in [-0.4, -0.2) is 6.29 Å². The van der Waals surface area contributed by atoms with Crippen LogP contribution in [0.15, 0.2) is 22.3 Å². The molecule has 0 aromatic heterocycles. The summed E-state index contributed by atoms with van der Waals surface area (Å²) in [6.07, 6.45) is 15.3. The zero-order valence-electron chi connectivity index (χ0n) is 14.5. The Morgan fingerprint density at radius 3 is 2.70 bits per heavy atom. The highest BCUT2D eigenvalue weighted by atomic mass is 35.5. The number of halogens is 1. The van der Waals surface area contributed by atoms with Crippen molar-refractivity contribution in [1.82, 2.24) is 0 Å². The predicted molar refractivity (Wildman–Crippen MR) is 95.3 cm³/mol.